The smallest absolute Gasteiger partial charge is 0.419 e. The van der Waals surface area contributed by atoms with Crippen molar-refractivity contribution in [1.29, 1.82) is 0 Å². The van der Waals surface area contributed by atoms with Crippen LogP contribution in [0.25, 0.3) is 0 Å². The van der Waals surface area contributed by atoms with Gasteiger partial charge in [0.15, 0.2) is 0 Å². The van der Waals surface area contributed by atoms with Crippen molar-refractivity contribution in [2.75, 3.05) is 7.11 Å². The summed E-state index contributed by atoms with van der Waals surface area (Å²) in [6, 6.07) is 0.695. The molecule has 0 atom stereocenters. The maximum absolute atomic E-state index is 12.8. The third kappa shape index (κ3) is 3.16. The largest absolute Gasteiger partial charge is 0.465 e. The zero-order valence-corrected chi connectivity index (χ0v) is 9.59. The van der Waals surface area contributed by atoms with E-state index in [2.05, 4.69) is 9.72 Å². The summed E-state index contributed by atoms with van der Waals surface area (Å²) in [6.45, 7) is -0.387. The Hall–Kier alpha value is -1.77. The van der Waals surface area contributed by atoms with Gasteiger partial charge in [0, 0.05) is 6.54 Å². The van der Waals surface area contributed by atoms with Crippen LogP contribution in [0.15, 0.2) is 6.07 Å². The lowest BCUT2D eigenvalue weighted by Crippen LogP contribution is -2.20. The Morgan fingerprint density at radius 2 is 2.05 bits per heavy atom. The molecule has 0 aromatic carbocycles. The van der Waals surface area contributed by atoms with Gasteiger partial charge in [-0.3, -0.25) is 0 Å². The average molecular weight is 284 g/mol. The average Bonchev–Trinajstić information content (AvgIpc) is 2.34. The van der Waals surface area contributed by atoms with Gasteiger partial charge < -0.3 is 10.5 Å². The Morgan fingerprint density at radius 3 is 2.42 bits per heavy atom. The van der Waals surface area contributed by atoms with E-state index in [4.69, 9.17) is 5.73 Å². The number of nitrogens with zero attached hydrogens (tertiary/aromatic N) is 1. The fourth-order valence-electron chi connectivity index (χ4n) is 1.45. The summed E-state index contributed by atoms with van der Waals surface area (Å²) in [5.41, 5.74) is 0.529. The monoisotopic (exact) mass is 284 g/mol. The molecule has 1 aromatic heterocycles. The molecule has 0 fully saturated rings. The van der Waals surface area contributed by atoms with Gasteiger partial charge in [0.05, 0.1) is 23.9 Å². The number of rotatable bonds is 3. The van der Waals surface area contributed by atoms with Crippen molar-refractivity contribution >= 4 is 5.97 Å². The number of hydrogen-bond donors (Lipinski definition) is 1. The molecular formula is C10H9F5N2O2. The lowest BCUT2D eigenvalue weighted by atomic mass is 10.0. The summed E-state index contributed by atoms with van der Waals surface area (Å²) >= 11 is 0. The molecule has 2 N–H and O–H groups in total. The fourth-order valence-corrected chi connectivity index (χ4v) is 1.45. The topological polar surface area (TPSA) is 65.2 Å². The Balaban J connectivity index is 3.66. The molecule has 0 saturated heterocycles. The van der Waals surface area contributed by atoms with E-state index in [0.717, 1.165) is 7.11 Å². The van der Waals surface area contributed by atoms with E-state index in [9.17, 15) is 26.7 Å². The van der Waals surface area contributed by atoms with Crippen LogP contribution >= 0.6 is 0 Å². The zero-order chi connectivity index (χ0) is 14.8. The predicted octanol–water partition coefficient (Wildman–Crippen LogP) is 2.28. The minimum Gasteiger partial charge on any atom is -0.465 e. The van der Waals surface area contributed by atoms with E-state index in [1.54, 1.807) is 0 Å². The Morgan fingerprint density at radius 1 is 1.47 bits per heavy atom. The van der Waals surface area contributed by atoms with Crippen molar-refractivity contribution in [3.63, 3.8) is 0 Å². The van der Waals surface area contributed by atoms with E-state index in [-0.39, 0.29) is 12.2 Å². The van der Waals surface area contributed by atoms with Crippen LogP contribution in [-0.2, 0) is 17.5 Å². The fraction of sp³-hybridized carbons (Fsp3) is 0.400. The number of hydrogen-bond acceptors (Lipinski definition) is 4. The van der Waals surface area contributed by atoms with Crippen LogP contribution in [0, 0.1) is 0 Å². The van der Waals surface area contributed by atoms with Crippen molar-refractivity contribution < 1.29 is 31.5 Å². The molecule has 0 saturated carbocycles. The second-order valence-electron chi connectivity index (χ2n) is 3.42. The zero-order valence-electron chi connectivity index (χ0n) is 9.59. The van der Waals surface area contributed by atoms with E-state index in [1.807, 2.05) is 0 Å². The molecule has 1 heterocycles. The number of carbonyl (C=O) groups excluding carboxylic acids is 1. The van der Waals surface area contributed by atoms with Crippen molar-refractivity contribution in [3.8, 4) is 0 Å². The van der Waals surface area contributed by atoms with Gasteiger partial charge in [-0.25, -0.2) is 18.6 Å². The minimum absolute atomic E-state index is 0.260. The van der Waals surface area contributed by atoms with E-state index in [0.29, 0.717) is 6.07 Å². The lowest BCUT2D eigenvalue weighted by Gasteiger charge is -2.16. The first-order valence-corrected chi connectivity index (χ1v) is 4.89. The molecule has 19 heavy (non-hydrogen) atoms. The second-order valence-corrected chi connectivity index (χ2v) is 3.42. The van der Waals surface area contributed by atoms with Crippen LogP contribution in [0.5, 0.6) is 0 Å². The molecule has 106 valence electrons. The molecular weight excluding hydrogens is 275 g/mol. The normalized spacial score (nSPS) is 11.8. The summed E-state index contributed by atoms with van der Waals surface area (Å²) in [7, 11) is 0.840. The van der Waals surface area contributed by atoms with E-state index < -0.39 is 35.4 Å². The van der Waals surface area contributed by atoms with Crippen LogP contribution < -0.4 is 5.73 Å². The minimum atomic E-state index is -5.16. The lowest BCUT2D eigenvalue weighted by molar-refractivity contribution is -0.140. The molecule has 1 aromatic rings. The van der Waals surface area contributed by atoms with Gasteiger partial charge in [-0.2, -0.15) is 13.2 Å². The Bertz CT molecular complexity index is 488. The van der Waals surface area contributed by atoms with Crippen molar-refractivity contribution in [2.24, 2.45) is 5.73 Å². The Labute approximate surface area is 104 Å². The summed E-state index contributed by atoms with van der Waals surface area (Å²) in [4.78, 5) is 14.4. The standard InChI is InChI=1S/C10H9F5N2O2/c1-19-9(18)5-2-4(3-16)17-7(8(11)12)6(5)10(13,14)15/h2,8H,3,16H2,1H3. The maximum atomic E-state index is 12.8. The summed E-state index contributed by atoms with van der Waals surface area (Å²) in [5, 5.41) is 0. The number of halogens is 5. The van der Waals surface area contributed by atoms with Gasteiger partial charge in [0.2, 0.25) is 0 Å². The van der Waals surface area contributed by atoms with Gasteiger partial charge >= 0.3 is 12.1 Å². The van der Waals surface area contributed by atoms with E-state index >= 15 is 0 Å². The molecule has 0 aliphatic heterocycles. The number of alkyl halides is 5. The van der Waals surface area contributed by atoms with Crippen LogP contribution in [0.1, 0.15) is 33.7 Å². The Kier molecular flexibility index (Phi) is 4.40. The van der Waals surface area contributed by atoms with Crippen LogP contribution in [0.2, 0.25) is 0 Å². The maximum Gasteiger partial charge on any atom is 0.419 e. The van der Waals surface area contributed by atoms with Gasteiger partial charge in [-0.05, 0) is 6.07 Å². The number of pyridine rings is 1. The van der Waals surface area contributed by atoms with Crippen LogP contribution in [0.3, 0.4) is 0 Å². The second kappa shape index (κ2) is 5.47. The first-order chi connectivity index (χ1) is 8.72. The van der Waals surface area contributed by atoms with Gasteiger partial charge in [-0.15, -0.1) is 0 Å². The molecule has 0 radical (unpaired) electrons. The van der Waals surface area contributed by atoms with Gasteiger partial charge in [0.25, 0.3) is 6.43 Å². The van der Waals surface area contributed by atoms with Gasteiger partial charge in [-0.1, -0.05) is 0 Å². The van der Waals surface area contributed by atoms with Crippen molar-refractivity contribution in [2.45, 2.75) is 19.1 Å². The highest BCUT2D eigenvalue weighted by molar-refractivity contribution is 5.91. The predicted molar refractivity (Wildman–Crippen MR) is 53.4 cm³/mol. The molecule has 9 heteroatoms. The molecule has 0 aliphatic carbocycles. The SMILES string of the molecule is COC(=O)c1cc(CN)nc(C(F)F)c1C(F)(F)F. The van der Waals surface area contributed by atoms with Crippen molar-refractivity contribution in [1.82, 2.24) is 4.98 Å². The quantitative estimate of drug-likeness (QED) is 0.683. The van der Waals surface area contributed by atoms with Gasteiger partial charge in [0.1, 0.15) is 5.69 Å². The summed E-state index contributed by atoms with van der Waals surface area (Å²) in [6.07, 6.45) is -8.65. The molecule has 0 aliphatic rings. The molecule has 0 amide bonds. The highest BCUT2D eigenvalue weighted by atomic mass is 19.4. The molecule has 0 unspecified atom stereocenters. The van der Waals surface area contributed by atoms with Crippen LogP contribution in [-0.4, -0.2) is 18.1 Å². The first-order valence-electron chi connectivity index (χ1n) is 4.89. The van der Waals surface area contributed by atoms with Crippen molar-refractivity contribution in [3.05, 3.63) is 28.6 Å². The summed E-state index contributed by atoms with van der Waals surface area (Å²) in [5.74, 6) is -1.38. The molecule has 0 spiro atoms. The first kappa shape index (κ1) is 15.3. The number of esters is 1. The third-order valence-electron chi connectivity index (χ3n) is 2.21. The highest BCUT2D eigenvalue weighted by Crippen LogP contribution is 2.38. The van der Waals surface area contributed by atoms with E-state index in [1.165, 1.54) is 0 Å². The highest BCUT2D eigenvalue weighted by Gasteiger charge is 2.41. The number of nitrogens with two attached hydrogens (primary N) is 1. The number of aromatic nitrogens is 1. The third-order valence-corrected chi connectivity index (χ3v) is 2.21. The number of ether oxygens (including phenoxy) is 1. The molecule has 4 nitrogen and oxygen atoms in total. The van der Waals surface area contributed by atoms with Crippen LogP contribution in [0.4, 0.5) is 22.0 Å². The number of carbonyl (C=O) groups is 1. The number of methoxy groups -OCH3 is 1. The molecule has 0 bridgehead atoms. The molecule has 1 rings (SSSR count). The summed E-state index contributed by atoms with van der Waals surface area (Å²) < 4.78 is 67.9.